The summed E-state index contributed by atoms with van der Waals surface area (Å²) in [4.78, 5) is 2.48. The van der Waals surface area contributed by atoms with Crippen molar-refractivity contribution in [2.45, 2.75) is 50.6 Å². The summed E-state index contributed by atoms with van der Waals surface area (Å²) in [6.45, 7) is 2.66. The van der Waals surface area contributed by atoms with Crippen LogP contribution in [0.4, 0.5) is 0 Å². The molecule has 1 N–H and O–H groups in total. The maximum absolute atomic E-state index is 3.76. The van der Waals surface area contributed by atoms with E-state index in [-0.39, 0.29) is 0 Å². The van der Waals surface area contributed by atoms with Gasteiger partial charge in [0.2, 0.25) is 0 Å². The molecule has 0 aromatic heterocycles. The number of nitrogens with zero attached hydrogens (tertiary/aromatic N) is 1. The second-order valence-electron chi connectivity index (χ2n) is 5.85. The molecule has 0 radical (unpaired) electrons. The Hall–Kier alpha value is -0.0800. The van der Waals surface area contributed by atoms with E-state index >= 15 is 0 Å². The van der Waals surface area contributed by atoms with Crippen LogP contribution in [-0.4, -0.2) is 37.1 Å². The van der Waals surface area contributed by atoms with Gasteiger partial charge in [-0.2, -0.15) is 0 Å². The third kappa shape index (κ3) is 1.70. The number of rotatable bonds is 2. The van der Waals surface area contributed by atoms with E-state index in [4.69, 9.17) is 0 Å². The van der Waals surface area contributed by atoms with Gasteiger partial charge in [0.1, 0.15) is 0 Å². The lowest BCUT2D eigenvalue weighted by molar-refractivity contribution is 0.0129. The van der Waals surface area contributed by atoms with E-state index in [0.717, 1.165) is 17.5 Å². The Balaban J connectivity index is 1.47. The average Bonchev–Trinajstić information content (AvgIpc) is 2.90. The van der Waals surface area contributed by atoms with Crippen molar-refractivity contribution in [3.8, 4) is 0 Å². The lowest BCUT2D eigenvalue weighted by Gasteiger charge is -2.52. The maximum atomic E-state index is 3.76. The van der Waals surface area contributed by atoms with Crippen molar-refractivity contribution in [1.29, 1.82) is 0 Å². The van der Waals surface area contributed by atoms with Crippen molar-refractivity contribution < 1.29 is 0 Å². The summed E-state index contributed by atoms with van der Waals surface area (Å²) in [7, 11) is 2.26. The van der Waals surface area contributed by atoms with Crippen LogP contribution >= 0.6 is 0 Å². The van der Waals surface area contributed by atoms with Gasteiger partial charge in [-0.05, 0) is 64.1 Å². The van der Waals surface area contributed by atoms with Gasteiger partial charge in [0.05, 0.1) is 0 Å². The lowest BCUT2D eigenvalue weighted by Crippen LogP contribution is -2.53. The smallest absolute Gasteiger partial charge is 0.00802 e. The number of piperidine rings is 1. The molecule has 3 rings (SSSR count). The SMILES string of the molecule is CN1CCC2(CC1)CC(NC1CC1)C2. The minimum Gasteiger partial charge on any atom is -0.311 e. The highest BCUT2D eigenvalue weighted by Gasteiger charge is 2.46. The molecule has 0 amide bonds. The lowest BCUT2D eigenvalue weighted by atomic mass is 9.60. The summed E-state index contributed by atoms with van der Waals surface area (Å²) >= 11 is 0. The fourth-order valence-corrected chi connectivity index (χ4v) is 3.19. The maximum Gasteiger partial charge on any atom is 0.00802 e. The molecule has 1 saturated heterocycles. The summed E-state index contributed by atoms with van der Waals surface area (Å²) in [5.41, 5.74) is 0.763. The van der Waals surface area contributed by atoms with E-state index in [1.165, 1.54) is 51.6 Å². The van der Waals surface area contributed by atoms with Gasteiger partial charge in [-0.25, -0.2) is 0 Å². The summed E-state index contributed by atoms with van der Waals surface area (Å²) in [5, 5.41) is 3.76. The van der Waals surface area contributed by atoms with E-state index in [2.05, 4.69) is 17.3 Å². The molecule has 2 saturated carbocycles. The Morgan fingerprint density at radius 1 is 1.07 bits per heavy atom. The monoisotopic (exact) mass is 194 g/mol. The van der Waals surface area contributed by atoms with Gasteiger partial charge in [-0.1, -0.05) is 0 Å². The quantitative estimate of drug-likeness (QED) is 0.718. The highest BCUT2D eigenvalue weighted by molar-refractivity contribution is 5.02. The Labute approximate surface area is 87.0 Å². The molecule has 80 valence electrons. The topological polar surface area (TPSA) is 15.3 Å². The molecule has 2 nitrogen and oxygen atoms in total. The summed E-state index contributed by atoms with van der Waals surface area (Å²) in [6, 6.07) is 1.79. The molecule has 0 atom stereocenters. The fraction of sp³-hybridized carbons (Fsp3) is 1.00. The standard InChI is InChI=1S/C12H22N2/c1-14-6-4-12(5-7-14)8-11(9-12)13-10-2-3-10/h10-11,13H,2-9H2,1H3. The number of nitrogens with one attached hydrogen (secondary N) is 1. The number of hydrogen-bond donors (Lipinski definition) is 1. The van der Waals surface area contributed by atoms with Crippen molar-refractivity contribution in [2.75, 3.05) is 20.1 Å². The zero-order valence-electron chi connectivity index (χ0n) is 9.26. The predicted octanol–water partition coefficient (Wildman–Crippen LogP) is 1.61. The number of hydrogen-bond acceptors (Lipinski definition) is 2. The minimum absolute atomic E-state index is 0.763. The molecule has 1 heterocycles. The van der Waals surface area contributed by atoms with Crippen LogP contribution in [0.2, 0.25) is 0 Å². The molecule has 0 bridgehead atoms. The Bertz CT molecular complexity index is 206. The minimum atomic E-state index is 0.763. The van der Waals surface area contributed by atoms with Crippen LogP contribution in [0, 0.1) is 5.41 Å². The van der Waals surface area contributed by atoms with Gasteiger partial charge < -0.3 is 10.2 Å². The summed E-state index contributed by atoms with van der Waals surface area (Å²) in [5.74, 6) is 0. The molecular weight excluding hydrogens is 172 g/mol. The van der Waals surface area contributed by atoms with Gasteiger partial charge in [0, 0.05) is 12.1 Å². The second kappa shape index (κ2) is 3.21. The Kier molecular flexibility index (Phi) is 2.10. The summed E-state index contributed by atoms with van der Waals surface area (Å²) in [6.07, 6.45) is 8.71. The average molecular weight is 194 g/mol. The first-order valence-electron chi connectivity index (χ1n) is 6.20. The zero-order valence-corrected chi connectivity index (χ0v) is 9.26. The van der Waals surface area contributed by atoms with Crippen molar-refractivity contribution in [3.63, 3.8) is 0 Å². The van der Waals surface area contributed by atoms with Gasteiger partial charge in [0.15, 0.2) is 0 Å². The van der Waals surface area contributed by atoms with Crippen molar-refractivity contribution >= 4 is 0 Å². The highest BCUT2D eigenvalue weighted by Crippen LogP contribution is 2.49. The molecule has 14 heavy (non-hydrogen) atoms. The molecule has 0 aromatic carbocycles. The highest BCUT2D eigenvalue weighted by atomic mass is 15.1. The van der Waals surface area contributed by atoms with Crippen molar-refractivity contribution in [2.24, 2.45) is 5.41 Å². The van der Waals surface area contributed by atoms with Gasteiger partial charge >= 0.3 is 0 Å². The molecule has 0 unspecified atom stereocenters. The van der Waals surface area contributed by atoms with Crippen LogP contribution in [0.1, 0.15) is 38.5 Å². The molecule has 2 heteroatoms. The van der Waals surface area contributed by atoms with E-state index in [9.17, 15) is 0 Å². The zero-order chi connectivity index (χ0) is 9.60. The van der Waals surface area contributed by atoms with Gasteiger partial charge in [-0.15, -0.1) is 0 Å². The van der Waals surface area contributed by atoms with Crippen LogP contribution < -0.4 is 5.32 Å². The summed E-state index contributed by atoms with van der Waals surface area (Å²) < 4.78 is 0. The Morgan fingerprint density at radius 3 is 2.29 bits per heavy atom. The van der Waals surface area contributed by atoms with Crippen LogP contribution in [0.5, 0.6) is 0 Å². The first-order valence-corrected chi connectivity index (χ1v) is 6.20. The van der Waals surface area contributed by atoms with E-state index in [0.29, 0.717) is 0 Å². The molecule has 2 aliphatic carbocycles. The van der Waals surface area contributed by atoms with E-state index in [1.807, 2.05) is 0 Å². The third-order valence-corrected chi connectivity index (χ3v) is 4.46. The fourth-order valence-electron chi connectivity index (χ4n) is 3.19. The molecule has 3 fully saturated rings. The molecular formula is C12H22N2. The first kappa shape index (κ1) is 9.17. The third-order valence-electron chi connectivity index (χ3n) is 4.46. The van der Waals surface area contributed by atoms with E-state index < -0.39 is 0 Å². The molecule has 0 aromatic rings. The molecule has 1 spiro atoms. The van der Waals surface area contributed by atoms with Crippen LogP contribution in [0.3, 0.4) is 0 Å². The van der Waals surface area contributed by atoms with Gasteiger partial charge in [0.25, 0.3) is 0 Å². The van der Waals surface area contributed by atoms with Crippen LogP contribution in [0.15, 0.2) is 0 Å². The van der Waals surface area contributed by atoms with Crippen LogP contribution in [0.25, 0.3) is 0 Å². The van der Waals surface area contributed by atoms with Crippen molar-refractivity contribution in [3.05, 3.63) is 0 Å². The largest absolute Gasteiger partial charge is 0.311 e. The molecule has 3 aliphatic rings. The van der Waals surface area contributed by atoms with E-state index in [1.54, 1.807) is 0 Å². The van der Waals surface area contributed by atoms with Crippen molar-refractivity contribution in [1.82, 2.24) is 10.2 Å². The van der Waals surface area contributed by atoms with Crippen LogP contribution in [-0.2, 0) is 0 Å². The first-order chi connectivity index (χ1) is 6.76. The van der Waals surface area contributed by atoms with Gasteiger partial charge in [-0.3, -0.25) is 0 Å². The predicted molar refractivity (Wildman–Crippen MR) is 58.3 cm³/mol. The Morgan fingerprint density at radius 2 is 1.71 bits per heavy atom. The second-order valence-corrected chi connectivity index (χ2v) is 5.85. The normalized spacial score (nSPS) is 33.2. The number of likely N-dealkylation sites (tertiary alicyclic amines) is 1. The molecule has 1 aliphatic heterocycles.